The first-order valence-corrected chi connectivity index (χ1v) is 15.2. The molecular weight excluding hydrogens is 612 g/mol. The average molecular weight is 649 g/mol. The summed E-state index contributed by atoms with van der Waals surface area (Å²) in [6.45, 7) is 1.84. The first-order valence-electron chi connectivity index (χ1n) is 15.2. The van der Waals surface area contributed by atoms with E-state index < -0.39 is 29.7 Å². The molecule has 1 atom stereocenters. The van der Waals surface area contributed by atoms with Gasteiger partial charge in [-0.15, -0.1) is 0 Å². The second kappa shape index (κ2) is 16.0. The van der Waals surface area contributed by atoms with Gasteiger partial charge in [0.2, 0.25) is 11.8 Å². The summed E-state index contributed by atoms with van der Waals surface area (Å²) in [6, 6.07) is 12.9. The van der Waals surface area contributed by atoms with Gasteiger partial charge >= 0.3 is 0 Å². The number of benzene rings is 2. The normalized spacial score (nSPS) is 15.8. The van der Waals surface area contributed by atoms with Gasteiger partial charge in [0, 0.05) is 30.5 Å². The maximum Gasteiger partial charge on any atom is 0.274 e. The number of piperidine rings is 1. The number of carbonyl (C=O) groups is 5. The van der Waals surface area contributed by atoms with Gasteiger partial charge in [-0.25, -0.2) is 4.98 Å². The van der Waals surface area contributed by atoms with E-state index >= 15 is 0 Å². The van der Waals surface area contributed by atoms with E-state index in [0.717, 1.165) is 5.39 Å². The van der Waals surface area contributed by atoms with Gasteiger partial charge in [0.25, 0.3) is 17.7 Å². The molecule has 0 radical (unpaired) electrons. The number of nitrogens with two attached hydrogens (primary N) is 1. The number of carbonyl (C=O) groups excluding carboxylic acids is 5. The summed E-state index contributed by atoms with van der Waals surface area (Å²) in [7, 11) is 0. The molecule has 47 heavy (non-hydrogen) atoms. The molecule has 1 aromatic heterocycles. The molecule has 0 saturated carbocycles. The number of aromatic nitrogens is 1. The van der Waals surface area contributed by atoms with Crippen LogP contribution in [0.4, 0.5) is 5.69 Å². The topological polar surface area (TPSA) is 201 Å². The van der Waals surface area contributed by atoms with E-state index in [-0.39, 0.29) is 74.5 Å². The fraction of sp³-hybridized carbons (Fsp3) is 0.375. The molecule has 5 amide bonds. The van der Waals surface area contributed by atoms with Gasteiger partial charge < -0.3 is 40.2 Å². The summed E-state index contributed by atoms with van der Waals surface area (Å²) in [6.07, 6.45) is 0.315. The first-order chi connectivity index (χ1) is 22.8. The van der Waals surface area contributed by atoms with Crippen LogP contribution in [0.5, 0.6) is 5.75 Å². The maximum atomic E-state index is 13.4. The highest BCUT2D eigenvalue weighted by Gasteiger charge is 2.39. The number of nitrogens with one attached hydrogen (secondary N) is 3. The molecular formula is C32H36N6O9. The molecule has 0 spiro atoms. The number of imide groups is 1. The van der Waals surface area contributed by atoms with E-state index in [0.29, 0.717) is 37.5 Å². The Bertz CT molecular complexity index is 1650. The maximum absolute atomic E-state index is 13.4. The number of rotatable bonds is 16. The summed E-state index contributed by atoms with van der Waals surface area (Å²) in [5, 5.41) is 8.60. The second-order valence-electron chi connectivity index (χ2n) is 10.7. The van der Waals surface area contributed by atoms with Crippen molar-refractivity contribution in [1.29, 1.82) is 0 Å². The molecule has 3 heterocycles. The summed E-state index contributed by atoms with van der Waals surface area (Å²) >= 11 is 0. The molecule has 0 bridgehead atoms. The summed E-state index contributed by atoms with van der Waals surface area (Å²) in [5.74, 6) is -2.18. The van der Waals surface area contributed by atoms with Crippen LogP contribution in [0, 0.1) is 0 Å². The van der Waals surface area contributed by atoms with Crippen molar-refractivity contribution >= 4 is 46.1 Å². The third kappa shape index (κ3) is 8.65. The van der Waals surface area contributed by atoms with Gasteiger partial charge in [-0.1, -0.05) is 24.3 Å². The number of ether oxygens (including phenoxy) is 4. The minimum absolute atomic E-state index is 0.0879. The molecule has 2 aromatic carbocycles. The largest absolute Gasteiger partial charge is 0.482 e. The number of amides is 5. The first kappa shape index (κ1) is 33.4. The molecule has 1 fully saturated rings. The highest BCUT2D eigenvalue weighted by Crippen LogP contribution is 2.36. The molecule has 1 unspecified atom stereocenters. The quantitative estimate of drug-likeness (QED) is 0.0969. The number of nitrogens with zero attached hydrogens (tertiary/aromatic N) is 2. The van der Waals surface area contributed by atoms with E-state index in [9.17, 15) is 24.0 Å². The molecule has 0 aliphatic carbocycles. The monoisotopic (exact) mass is 648 g/mol. The van der Waals surface area contributed by atoms with E-state index in [4.69, 9.17) is 24.7 Å². The third-order valence-electron chi connectivity index (χ3n) is 7.49. The Balaban J connectivity index is 1.24. The Morgan fingerprint density at radius 1 is 0.979 bits per heavy atom. The molecule has 3 aromatic rings. The number of anilines is 1. The van der Waals surface area contributed by atoms with E-state index in [1.807, 2.05) is 18.2 Å². The molecule has 15 nitrogen and oxygen atoms in total. The predicted molar refractivity (Wildman–Crippen MR) is 167 cm³/mol. The minimum Gasteiger partial charge on any atom is -0.482 e. The van der Waals surface area contributed by atoms with E-state index in [2.05, 4.69) is 20.9 Å². The molecule has 1 saturated heterocycles. The number of pyridine rings is 1. The number of para-hydroxylation sites is 1. The zero-order chi connectivity index (χ0) is 33.2. The van der Waals surface area contributed by atoms with Gasteiger partial charge in [-0.05, 0) is 36.2 Å². The van der Waals surface area contributed by atoms with Crippen LogP contribution in [0.25, 0.3) is 10.9 Å². The molecule has 248 valence electrons. The van der Waals surface area contributed by atoms with Crippen LogP contribution in [0.2, 0.25) is 0 Å². The van der Waals surface area contributed by atoms with Crippen LogP contribution in [-0.2, 0) is 35.1 Å². The zero-order valence-electron chi connectivity index (χ0n) is 25.6. The summed E-state index contributed by atoms with van der Waals surface area (Å²) in [4.78, 5) is 69.3. The zero-order valence-corrected chi connectivity index (χ0v) is 25.6. The van der Waals surface area contributed by atoms with Crippen LogP contribution in [0.1, 0.15) is 39.3 Å². The van der Waals surface area contributed by atoms with E-state index in [1.54, 1.807) is 24.3 Å². The van der Waals surface area contributed by atoms with Gasteiger partial charge in [0.1, 0.15) is 17.5 Å². The van der Waals surface area contributed by atoms with Crippen molar-refractivity contribution in [2.24, 2.45) is 5.73 Å². The van der Waals surface area contributed by atoms with Crippen LogP contribution in [-0.4, -0.2) is 98.4 Å². The van der Waals surface area contributed by atoms with Crippen molar-refractivity contribution in [2.75, 3.05) is 58.2 Å². The smallest absolute Gasteiger partial charge is 0.274 e. The molecule has 2 aliphatic rings. The SMILES string of the molecule is NCOCCOCCOCCNC(=O)COc1cc2c(cc1NC(=O)c1ccc3ccccc3n1)C(=O)N(C1CCC(=O)NC1=O)C2. The van der Waals surface area contributed by atoms with Crippen LogP contribution in [0.3, 0.4) is 0 Å². The Morgan fingerprint density at radius 2 is 1.74 bits per heavy atom. The lowest BCUT2D eigenvalue weighted by atomic mass is 10.0. The Kier molecular flexibility index (Phi) is 11.4. The van der Waals surface area contributed by atoms with E-state index in [1.165, 1.54) is 11.0 Å². The number of hydrogen-bond acceptors (Lipinski definition) is 11. The van der Waals surface area contributed by atoms with Gasteiger partial charge in [-0.3, -0.25) is 29.3 Å². The predicted octanol–water partition coefficient (Wildman–Crippen LogP) is 0.709. The lowest BCUT2D eigenvalue weighted by molar-refractivity contribution is -0.137. The highest BCUT2D eigenvalue weighted by atomic mass is 16.5. The van der Waals surface area contributed by atoms with Crippen LogP contribution < -0.4 is 26.4 Å². The van der Waals surface area contributed by atoms with Crippen molar-refractivity contribution in [2.45, 2.75) is 25.4 Å². The molecule has 5 rings (SSSR count). The fourth-order valence-electron chi connectivity index (χ4n) is 5.17. The van der Waals surface area contributed by atoms with Crippen LogP contribution >= 0.6 is 0 Å². The third-order valence-corrected chi connectivity index (χ3v) is 7.49. The lowest BCUT2D eigenvalue weighted by Gasteiger charge is -2.29. The standard InChI is InChI=1S/C32H36N6O9/c33-19-46-14-13-45-12-11-44-10-9-34-29(40)18-47-27-15-21-17-38(26-7-8-28(39)37-31(26)42)32(43)22(21)16-25(27)36-30(41)24-6-5-20-3-1-2-4-23(20)35-24/h1-6,15-16,26H,7-14,17-19,33H2,(H,34,40)(H,36,41)(H,37,39,42). The second-order valence-corrected chi connectivity index (χ2v) is 10.7. The fourth-order valence-corrected chi connectivity index (χ4v) is 5.17. The van der Waals surface area contributed by atoms with Crippen molar-refractivity contribution < 1.29 is 42.9 Å². The van der Waals surface area contributed by atoms with Gasteiger partial charge in [0.05, 0.1) is 51.0 Å². The Hall–Kier alpha value is -4.96. The number of hydrogen-bond donors (Lipinski definition) is 4. The van der Waals surface area contributed by atoms with Crippen LogP contribution in [0.15, 0.2) is 48.5 Å². The van der Waals surface area contributed by atoms with Gasteiger partial charge in [0.15, 0.2) is 6.61 Å². The van der Waals surface area contributed by atoms with Crippen molar-refractivity contribution in [1.82, 2.24) is 20.5 Å². The number of fused-ring (bicyclic) bond motifs is 2. The molecule has 15 heteroatoms. The highest BCUT2D eigenvalue weighted by molar-refractivity contribution is 6.08. The van der Waals surface area contributed by atoms with Crippen molar-refractivity contribution in [3.05, 3.63) is 65.4 Å². The summed E-state index contributed by atoms with van der Waals surface area (Å²) < 4.78 is 21.6. The average Bonchev–Trinajstić information content (AvgIpc) is 3.38. The van der Waals surface area contributed by atoms with Crippen molar-refractivity contribution in [3.63, 3.8) is 0 Å². The Morgan fingerprint density at radius 3 is 2.53 bits per heavy atom. The Labute approximate surface area is 270 Å². The van der Waals surface area contributed by atoms with Gasteiger partial charge in [-0.2, -0.15) is 0 Å². The minimum atomic E-state index is -0.818. The summed E-state index contributed by atoms with van der Waals surface area (Å²) in [5.41, 5.74) is 6.96. The lowest BCUT2D eigenvalue weighted by Crippen LogP contribution is -2.52. The molecule has 2 aliphatic heterocycles. The van der Waals surface area contributed by atoms with Crippen molar-refractivity contribution in [3.8, 4) is 5.75 Å². The molecule has 5 N–H and O–H groups in total.